The number of nitrogens with one attached hydrogen (secondary N) is 1. The van der Waals surface area contributed by atoms with Gasteiger partial charge >= 0.3 is 0 Å². The zero-order valence-electron chi connectivity index (χ0n) is 12.2. The van der Waals surface area contributed by atoms with Crippen LogP contribution in [0.1, 0.15) is 24.5 Å². The molecule has 2 aromatic carbocycles. The maximum Gasteiger partial charge on any atom is 0.123 e. The first-order valence-electron chi connectivity index (χ1n) is 7.52. The van der Waals surface area contributed by atoms with Crippen molar-refractivity contribution in [3.05, 3.63) is 58.6 Å². The van der Waals surface area contributed by atoms with Gasteiger partial charge in [-0.2, -0.15) is 0 Å². The van der Waals surface area contributed by atoms with E-state index in [-0.39, 0.29) is 6.10 Å². The summed E-state index contributed by atoms with van der Waals surface area (Å²) in [5.74, 6) is 0.962. The molecule has 1 aliphatic rings. The highest BCUT2D eigenvalue weighted by molar-refractivity contribution is 6.30. The largest absolute Gasteiger partial charge is 0.488 e. The second-order valence-corrected chi connectivity index (χ2v) is 5.96. The smallest absolute Gasteiger partial charge is 0.123 e. The van der Waals surface area contributed by atoms with E-state index in [2.05, 4.69) is 36.5 Å². The molecule has 0 saturated heterocycles. The lowest BCUT2D eigenvalue weighted by Crippen LogP contribution is -2.23. The molecule has 0 fully saturated rings. The topological polar surface area (TPSA) is 21.3 Å². The Labute approximate surface area is 131 Å². The number of benzene rings is 2. The lowest BCUT2D eigenvalue weighted by atomic mass is 10.1. The molecule has 3 heteroatoms. The number of halogens is 1. The third-order valence-electron chi connectivity index (χ3n) is 3.79. The van der Waals surface area contributed by atoms with E-state index in [1.807, 2.05) is 18.2 Å². The number of rotatable bonds is 5. The fourth-order valence-electron chi connectivity index (χ4n) is 2.71. The molecule has 2 nitrogen and oxygen atoms in total. The average Bonchev–Trinajstić information content (AvgIpc) is 2.89. The zero-order chi connectivity index (χ0) is 14.7. The normalized spacial score (nSPS) is 16.4. The molecule has 0 saturated carbocycles. The van der Waals surface area contributed by atoms with E-state index in [4.69, 9.17) is 16.3 Å². The molecule has 0 aliphatic carbocycles. The van der Waals surface area contributed by atoms with Crippen LogP contribution in [-0.4, -0.2) is 12.6 Å². The van der Waals surface area contributed by atoms with Crippen LogP contribution in [0.15, 0.2) is 42.5 Å². The maximum atomic E-state index is 6.01. The number of aryl methyl sites for hydroxylation is 1. The maximum absolute atomic E-state index is 6.01. The third-order valence-corrected chi connectivity index (χ3v) is 4.03. The second kappa shape index (κ2) is 6.40. The lowest BCUT2D eigenvalue weighted by Gasteiger charge is -2.13. The number of ether oxygens (including phenoxy) is 1. The van der Waals surface area contributed by atoms with Crippen molar-refractivity contribution in [3.8, 4) is 5.75 Å². The summed E-state index contributed by atoms with van der Waals surface area (Å²) in [6, 6.07) is 14.5. The van der Waals surface area contributed by atoms with Gasteiger partial charge in [0.1, 0.15) is 11.9 Å². The molecule has 21 heavy (non-hydrogen) atoms. The SMILES string of the molecule is CCCc1ccc(NCC2Cc3cc(Cl)ccc3O2)cc1. The number of hydrogen-bond donors (Lipinski definition) is 1. The first-order chi connectivity index (χ1) is 10.2. The molecular formula is C18H20ClNO. The fraction of sp³-hybridized carbons (Fsp3) is 0.333. The van der Waals surface area contributed by atoms with Crippen molar-refractivity contribution in [1.29, 1.82) is 0 Å². The second-order valence-electron chi connectivity index (χ2n) is 5.52. The number of hydrogen-bond acceptors (Lipinski definition) is 2. The Morgan fingerprint density at radius 1 is 1.19 bits per heavy atom. The predicted molar refractivity (Wildman–Crippen MR) is 88.5 cm³/mol. The van der Waals surface area contributed by atoms with E-state index in [0.29, 0.717) is 0 Å². The van der Waals surface area contributed by atoms with Gasteiger partial charge in [-0.15, -0.1) is 0 Å². The van der Waals surface area contributed by atoms with Crippen molar-refractivity contribution in [1.82, 2.24) is 0 Å². The van der Waals surface area contributed by atoms with Crippen LogP contribution in [0.5, 0.6) is 5.75 Å². The molecule has 1 N–H and O–H groups in total. The van der Waals surface area contributed by atoms with Gasteiger partial charge in [0, 0.05) is 17.1 Å². The van der Waals surface area contributed by atoms with Gasteiger partial charge in [0.05, 0.1) is 6.54 Å². The number of anilines is 1. The zero-order valence-corrected chi connectivity index (χ0v) is 13.0. The minimum absolute atomic E-state index is 0.175. The lowest BCUT2D eigenvalue weighted by molar-refractivity contribution is 0.246. The van der Waals surface area contributed by atoms with Crippen molar-refractivity contribution in [3.63, 3.8) is 0 Å². The van der Waals surface area contributed by atoms with Gasteiger partial charge in [0.2, 0.25) is 0 Å². The van der Waals surface area contributed by atoms with Crippen molar-refractivity contribution >= 4 is 17.3 Å². The molecule has 3 rings (SSSR count). The summed E-state index contributed by atoms with van der Waals surface area (Å²) < 4.78 is 5.92. The Bertz CT molecular complexity index is 609. The highest BCUT2D eigenvalue weighted by Crippen LogP contribution is 2.31. The molecule has 0 spiro atoms. The third kappa shape index (κ3) is 3.51. The Balaban J connectivity index is 1.55. The standard InChI is InChI=1S/C18H20ClNO/c1-2-3-13-4-7-16(8-5-13)20-12-17-11-14-10-15(19)6-9-18(14)21-17/h4-10,17,20H,2-3,11-12H2,1H3. The van der Waals surface area contributed by atoms with E-state index in [0.717, 1.165) is 35.8 Å². The van der Waals surface area contributed by atoms with Crippen molar-refractivity contribution < 1.29 is 4.74 Å². The summed E-state index contributed by atoms with van der Waals surface area (Å²) in [4.78, 5) is 0. The van der Waals surface area contributed by atoms with Gasteiger partial charge < -0.3 is 10.1 Å². The van der Waals surface area contributed by atoms with Crippen LogP contribution >= 0.6 is 11.6 Å². The molecule has 110 valence electrons. The van der Waals surface area contributed by atoms with E-state index >= 15 is 0 Å². The van der Waals surface area contributed by atoms with Crippen molar-refractivity contribution in [2.24, 2.45) is 0 Å². The van der Waals surface area contributed by atoms with Crippen LogP contribution in [0, 0.1) is 0 Å². The Kier molecular flexibility index (Phi) is 4.35. The molecule has 0 radical (unpaired) electrons. The van der Waals surface area contributed by atoms with Crippen LogP contribution in [0.25, 0.3) is 0 Å². The molecular weight excluding hydrogens is 282 g/mol. The van der Waals surface area contributed by atoms with Crippen LogP contribution in [0.3, 0.4) is 0 Å². The molecule has 0 amide bonds. The molecule has 1 unspecified atom stereocenters. The monoisotopic (exact) mass is 301 g/mol. The van der Waals surface area contributed by atoms with Crippen LogP contribution in [0.4, 0.5) is 5.69 Å². The van der Waals surface area contributed by atoms with Gasteiger partial charge in [0.15, 0.2) is 0 Å². The van der Waals surface area contributed by atoms with Crippen LogP contribution in [-0.2, 0) is 12.8 Å². The van der Waals surface area contributed by atoms with Gasteiger partial charge in [-0.05, 0) is 47.9 Å². The van der Waals surface area contributed by atoms with Gasteiger partial charge in [-0.1, -0.05) is 37.1 Å². The molecule has 1 heterocycles. The van der Waals surface area contributed by atoms with E-state index < -0.39 is 0 Å². The van der Waals surface area contributed by atoms with E-state index in [1.54, 1.807) is 0 Å². The summed E-state index contributed by atoms with van der Waals surface area (Å²) in [6.07, 6.45) is 3.41. The Morgan fingerprint density at radius 2 is 2.00 bits per heavy atom. The van der Waals surface area contributed by atoms with E-state index in [1.165, 1.54) is 17.5 Å². The highest BCUT2D eigenvalue weighted by atomic mass is 35.5. The Morgan fingerprint density at radius 3 is 2.76 bits per heavy atom. The summed E-state index contributed by atoms with van der Waals surface area (Å²) in [7, 11) is 0. The molecule has 1 aliphatic heterocycles. The highest BCUT2D eigenvalue weighted by Gasteiger charge is 2.22. The summed E-state index contributed by atoms with van der Waals surface area (Å²) in [5, 5.41) is 4.22. The number of fused-ring (bicyclic) bond motifs is 1. The van der Waals surface area contributed by atoms with Crippen LogP contribution in [0.2, 0.25) is 5.02 Å². The minimum atomic E-state index is 0.175. The van der Waals surface area contributed by atoms with Gasteiger partial charge in [0.25, 0.3) is 0 Å². The molecule has 2 aromatic rings. The van der Waals surface area contributed by atoms with Gasteiger partial charge in [-0.3, -0.25) is 0 Å². The molecule has 1 atom stereocenters. The fourth-order valence-corrected chi connectivity index (χ4v) is 2.91. The predicted octanol–water partition coefficient (Wildman–Crippen LogP) is 4.71. The van der Waals surface area contributed by atoms with Crippen molar-refractivity contribution in [2.45, 2.75) is 32.3 Å². The summed E-state index contributed by atoms with van der Waals surface area (Å²) in [6.45, 7) is 3.01. The first-order valence-corrected chi connectivity index (χ1v) is 7.90. The van der Waals surface area contributed by atoms with Crippen LogP contribution < -0.4 is 10.1 Å². The summed E-state index contributed by atoms with van der Waals surface area (Å²) >= 11 is 6.01. The molecule has 0 aromatic heterocycles. The average molecular weight is 302 g/mol. The van der Waals surface area contributed by atoms with E-state index in [9.17, 15) is 0 Å². The van der Waals surface area contributed by atoms with Gasteiger partial charge in [-0.25, -0.2) is 0 Å². The first kappa shape index (κ1) is 14.3. The Hall–Kier alpha value is -1.67. The minimum Gasteiger partial charge on any atom is -0.488 e. The quantitative estimate of drug-likeness (QED) is 0.863. The molecule has 0 bridgehead atoms. The summed E-state index contributed by atoms with van der Waals surface area (Å²) in [5.41, 5.74) is 3.74. The van der Waals surface area contributed by atoms with Crippen molar-refractivity contribution in [2.75, 3.05) is 11.9 Å².